The number of methoxy groups -OCH3 is 3. The lowest BCUT2D eigenvalue weighted by molar-refractivity contribution is 0.0953. The largest absolute Gasteiger partial charge is 0.493 e. The highest BCUT2D eigenvalue weighted by Crippen LogP contribution is 2.38. The first-order valence-electron chi connectivity index (χ1n) is 10.3. The Kier molecular flexibility index (Phi) is 8.57. The number of nitrogens with zero attached hydrogens (tertiary/aromatic N) is 1. The third-order valence-corrected chi connectivity index (χ3v) is 5.51. The molecule has 3 rings (SSSR count). The number of carbonyl (C=O) groups excluding carboxylic acids is 2. The van der Waals surface area contributed by atoms with Gasteiger partial charge in [-0.2, -0.15) is 5.10 Å². The Morgan fingerprint density at radius 3 is 2.11 bits per heavy atom. The van der Waals surface area contributed by atoms with Gasteiger partial charge >= 0.3 is 0 Å². The zero-order valence-electron chi connectivity index (χ0n) is 19.4. The number of anilines is 1. The maximum absolute atomic E-state index is 12.7. The summed E-state index contributed by atoms with van der Waals surface area (Å²) in [5.74, 6) is 0.230. The van der Waals surface area contributed by atoms with E-state index in [1.807, 2.05) is 0 Å². The molecule has 10 heteroatoms. The zero-order valence-corrected chi connectivity index (χ0v) is 21.0. The normalized spacial score (nSPS) is 11.0. The number of halogens is 2. The summed E-state index contributed by atoms with van der Waals surface area (Å²) in [4.78, 5) is 25.3. The smallest absolute Gasteiger partial charge is 0.271 e. The number of nitrogens with one attached hydrogen (secondary N) is 2. The molecule has 182 valence electrons. The topological polar surface area (TPSA) is 98.2 Å². The van der Waals surface area contributed by atoms with Gasteiger partial charge in [0, 0.05) is 16.3 Å². The highest BCUT2D eigenvalue weighted by molar-refractivity contribution is 6.37. The number of hydrogen-bond acceptors (Lipinski definition) is 6. The van der Waals surface area contributed by atoms with Crippen LogP contribution in [0.5, 0.6) is 17.2 Å². The average molecular weight is 516 g/mol. The van der Waals surface area contributed by atoms with E-state index < -0.39 is 5.91 Å². The van der Waals surface area contributed by atoms with Gasteiger partial charge in [0.1, 0.15) is 0 Å². The molecule has 3 aromatic rings. The fourth-order valence-electron chi connectivity index (χ4n) is 3.17. The Hall–Kier alpha value is -3.75. The summed E-state index contributed by atoms with van der Waals surface area (Å²) in [6, 6.07) is 14.7. The van der Waals surface area contributed by atoms with Crippen LogP contribution in [0.2, 0.25) is 10.0 Å². The lowest BCUT2D eigenvalue weighted by atomic mass is 10.1. The van der Waals surface area contributed by atoms with Gasteiger partial charge in [0.05, 0.1) is 37.6 Å². The van der Waals surface area contributed by atoms with E-state index in [9.17, 15) is 9.59 Å². The van der Waals surface area contributed by atoms with Gasteiger partial charge in [-0.3, -0.25) is 9.59 Å². The summed E-state index contributed by atoms with van der Waals surface area (Å²) in [5, 5.41) is 7.66. The fourth-order valence-corrected chi connectivity index (χ4v) is 3.66. The predicted molar refractivity (Wildman–Crippen MR) is 137 cm³/mol. The molecule has 2 amide bonds. The monoisotopic (exact) mass is 515 g/mol. The van der Waals surface area contributed by atoms with E-state index >= 15 is 0 Å². The first kappa shape index (κ1) is 25.9. The van der Waals surface area contributed by atoms with Crippen LogP contribution in [-0.4, -0.2) is 38.9 Å². The van der Waals surface area contributed by atoms with Crippen molar-refractivity contribution in [1.82, 2.24) is 5.43 Å². The summed E-state index contributed by atoms with van der Waals surface area (Å²) in [7, 11) is 4.41. The Morgan fingerprint density at radius 2 is 1.51 bits per heavy atom. The summed E-state index contributed by atoms with van der Waals surface area (Å²) in [6.07, 6.45) is 0. The van der Waals surface area contributed by atoms with Crippen LogP contribution < -0.4 is 25.0 Å². The van der Waals surface area contributed by atoms with E-state index in [0.29, 0.717) is 44.8 Å². The van der Waals surface area contributed by atoms with Gasteiger partial charge in [-0.15, -0.1) is 0 Å². The Labute approximate surface area is 212 Å². The second-order valence-corrected chi connectivity index (χ2v) is 8.05. The zero-order chi connectivity index (χ0) is 25.5. The molecule has 35 heavy (non-hydrogen) atoms. The first-order valence-corrected chi connectivity index (χ1v) is 11.0. The average Bonchev–Trinajstić information content (AvgIpc) is 2.86. The minimum Gasteiger partial charge on any atom is -0.493 e. The number of hydrogen-bond donors (Lipinski definition) is 2. The molecule has 0 spiro atoms. The molecule has 0 saturated heterocycles. The fraction of sp³-hybridized carbons (Fsp3) is 0.160. The molecule has 3 aromatic carbocycles. The van der Waals surface area contributed by atoms with Crippen molar-refractivity contribution in [3.8, 4) is 17.2 Å². The molecule has 0 saturated carbocycles. The second kappa shape index (κ2) is 11.6. The van der Waals surface area contributed by atoms with E-state index in [4.69, 9.17) is 37.4 Å². The second-order valence-electron chi connectivity index (χ2n) is 7.21. The van der Waals surface area contributed by atoms with Crippen molar-refractivity contribution in [3.05, 3.63) is 81.3 Å². The van der Waals surface area contributed by atoms with Gasteiger partial charge in [0.2, 0.25) is 5.75 Å². The van der Waals surface area contributed by atoms with Crippen molar-refractivity contribution >= 4 is 46.4 Å². The number of carbonyl (C=O) groups is 2. The van der Waals surface area contributed by atoms with Gasteiger partial charge < -0.3 is 19.5 Å². The van der Waals surface area contributed by atoms with E-state index in [0.717, 1.165) is 0 Å². The SMILES string of the molecule is COc1cc(C(=O)N/N=C(\C)c2cccc(NC(=O)c3ccc(Cl)cc3Cl)c2)cc(OC)c1OC. The Morgan fingerprint density at radius 1 is 0.829 bits per heavy atom. The van der Waals surface area contributed by atoms with Gasteiger partial charge in [-0.1, -0.05) is 35.3 Å². The maximum atomic E-state index is 12.7. The molecule has 0 aliphatic rings. The van der Waals surface area contributed by atoms with Crippen LogP contribution >= 0.6 is 23.2 Å². The number of rotatable bonds is 8. The number of benzene rings is 3. The minimum atomic E-state index is -0.467. The van der Waals surface area contributed by atoms with Crippen LogP contribution in [0.25, 0.3) is 0 Å². The number of amides is 2. The van der Waals surface area contributed by atoms with Crippen molar-refractivity contribution in [2.45, 2.75) is 6.92 Å². The number of hydrazone groups is 1. The maximum Gasteiger partial charge on any atom is 0.271 e. The van der Waals surface area contributed by atoms with Crippen molar-refractivity contribution in [2.24, 2.45) is 5.10 Å². The lowest BCUT2D eigenvalue weighted by Crippen LogP contribution is -2.19. The van der Waals surface area contributed by atoms with Crippen LogP contribution in [0.4, 0.5) is 5.69 Å². The molecule has 0 unspecified atom stereocenters. The molecule has 0 aliphatic heterocycles. The first-order chi connectivity index (χ1) is 16.8. The molecule has 0 radical (unpaired) electrons. The molecule has 2 N–H and O–H groups in total. The van der Waals surface area contributed by atoms with Crippen LogP contribution in [0, 0.1) is 0 Å². The van der Waals surface area contributed by atoms with Crippen molar-refractivity contribution in [3.63, 3.8) is 0 Å². The van der Waals surface area contributed by atoms with Crippen molar-refractivity contribution in [1.29, 1.82) is 0 Å². The standard InChI is InChI=1S/C25H23Cl2N3O5/c1-14(29-30-24(31)16-11-21(33-2)23(35-4)22(12-16)34-3)15-6-5-7-18(10-15)28-25(32)19-9-8-17(26)13-20(19)27/h5-13H,1-4H3,(H,28,32)(H,30,31)/b29-14+. The molecular weight excluding hydrogens is 493 g/mol. The quantitative estimate of drug-likeness (QED) is 0.308. The van der Waals surface area contributed by atoms with Gasteiger partial charge in [-0.05, 0) is 55.0 Å². The van der Waals surface area contributed by atoms with E-state index in [1.165, 1.54) is 39.5 Å². The molecule has 0 heterocycles. The molecular formula is C25H23Cl2N3O5. The highest BCUT2D eigenvalue weighted by Gasteiger charge is 2.17. The Balaban J connectivity index is 1.75. The van der Waals surface area contributed by atoms with Crippen molar-refractivity contribution in [2.75, 3.05) is 26.6 Å². The van der Waals surface area contributed by atoms with E-state index in [2.05, 4.69) is 15.8 Å². The molecule has 0 atom stereocenters. The van der Waals surface area contributed by atoms with Crippen molar-refractivity contribution < 1.29 is 23.8 Å². The molecule has 0 aliphatic carbocycles. The van der Waals surface area contributed by atoms with Gasteiger partial charge in [0.15, 0.2) is 11.5 Å². The summed E-state index contributed by atoms with van der Waals surface area (Å²) in [6.45, 7) is 1.73. The molecule has 0 fully saturated rings. The van der Waals surface area contributed by atoms with Gasteiger partial charge in [0.25, 0.3) is 11.8 Å². The summed E-state index contributed by atoms with van der Waals surface area (Å²) < 4.78 is 15.8. The molecule has 8 nitrogen and oxygen atoms in total. The van der Waals surface area contributed by atoms with Crippen LogP contribution in [0.1, 0.15) is 33.2 Å². The molecule has 0 bridgehead atoms. The predicted octanol–water partition coefficient (Wildman–Crippen LogP) is 5.43. The van der Waals surface area contributed by atoms with E-state index in [-0.39, 0.29) is 16.5 Å². The third kappa shape index (κ3) is 6.23. The summed E-state index contributed by atoms with van der Waals surface area (Å²) >= 11 is 12.0. The van der Waals surface area contributed by atoms with Crippen LogP contribution in [0.3, 0.4) is 0 Å². The summed E-state index contributed by atoms with van der Waals surface area (Å²) in [5.41, 5.74) is 4.83. The minimum absolute atomic E-state index is 0.249. The van der Waals surface area contributed by atoms with Crippen LogP contribution in [-0.2, 0) is 0 Å². The van der Waals surface area contributed by atoms with E-state index in [1.54, 1.807) is 43.3 Å². The van der Waals surface area contributed by atoms with Gasteiger partial charge in [-0.25, -0.2) is 5.43 Å². The third-order valence-electron chi connectivity index (χ3n) is 4.97. The highest BCUT2D eigenvalue weighted by atomic mass is 35.5. The Bertz CT molecular complexity index is 1270. The molecule has 0 aromatic heterocycles. The lowest BCUT2D eigenvalue weighted by Gasteiger charge is -2.13. The number of ether oxygens (including phenoxy) is 3. The van der Waals surface area contributed by atoms with Crippen LogP contribution in [0.15, 0.2) is 59.7 Å².